The Hall–Kier alpha value is -1.15. The molecule has 1 aliphatic rings. The Morgan fingerprint density at radius 1 is 1.25 bits per heavy atom. The molecule has 0 saturated carbocycles. The topological polar surface area (TPSA) is 90.0 Å². The zero-order valence-electron chi connectivity index (χ0n) is 11.8. The van der Waals surface area contributed by atoms with E-state index in [9.17, 15) is 18.0 Å². The van der Waals surface area contributed by atoms with Crippen LogP contribution in [0.4, 0.5) is 0 Å². The molecule has 0 aliphatic carbocycles. The number of ether oxygens (including phenoxy) is 2. The fourth-order valence-corrected chi connectivity index (χ4v) is 3.56. The summed E-state index contributed by atoms with van der Waals surface area (Å²) in [7, 11) is -2.15. The monoisotopic (exact) mass is 307 g/mol. The van der Waals surface area contributed by atoms with Crippen molar-refractivity contribution in [2.75, 3.05) is 32.6 Å². The third-order valence-electron chi connectivity index (χ3n) is 3.25. The van der Waals surface area contributed by atoms with Crippen LogP contribution < -0.4 is 0 Å². The molecule has 0 aromatic carbocycles. The van der Waals surface area contributed by atoms with Crippen molar-refractivity contribution in [2.45, 2.75) is 26.2 Å². The number of carbonyl (C=O) groups is 2. The van der Waals surface area contributed by atoms with Crippen LogP contribution in [0.3, 0.4) is 0 Å². The van der Waals surface area contributed by atoms with Crippen molar-refractivity contribution in [3.63, 3.8) is 0 Å². The third-order valence-corrected chi connectivity index (χ3v) is 5.12. The molecule has 0 atom stereocenters. The van der Waals surface area contributed by atoms with Crippen molar-refractivity contribution in [3.05, 3.63) is 0 Å². The number of methoxy groups -OCH3 is 1. The van der Waals surface area contributed by atoms with Crippen LogP contribution in [0.1, 0.15) is 26.2 Å². The van der Waals surface area contributed by atoms with Crippen LogP contribution in [0.5, 0.6) is 0 Å². The van der Waals surface area contributed by atoms with Gasteiger partial charge in [0.05, 0.1) is 31.8 Å². The SMILES string of the molecule is CCOC(=O)CCS(=O)(=O)N1CCC(C(=O)OC)CC1. The smallest absolute Gasteiger partial charge is 0.308 e. The van der Waals surface area contributed by atoms with Gasteiger partial charge in [-0.15, -0.1) is 0 Å². The Balaban J connectivity index is 2.46. The first-order valence-corrected chi connectivity index (χ1v) is 8.23. The van der Waals surface area contributed by atoms with Crippen molar-refractivity contribution in [1.29, 1.82) is 0 Å². The van der Waals surface area contributed by atoms with E-state index in [4.69, 9.17) is 4.74 Å². The molecule has 0 aromatic heterocycles. The molecular formula is C12H21NO6S. The first-order chi connectivity index (χ1) is 9.40. The average Bonchev–Trinajstić information content (AvgIpc) is 2.45. The minimum atomic E-state index is -3.47. The van der Waals surface area contributed by atoms with Crippen LogP contribution in [0.25, 0.3) is 0 Å². The zero-order chi connectivity index (χ0) is 15.2. The summed E-state index contributed by atoms with van der Waals surface area (Å²) in [5.41, 5.74) is 0. The van der Waals surface area contributed by atoms with Crippen LogP contribution in [0.2, 0.25) is 0 Å². The lowest BCUT2D eigenvalue weighted by Gasteiger charge is -2.29. The first-order valence-electron chi connectivity index (χ1n) is 6.62. The number of esters is 2. The molecule has 116 valence electrons. The number of carbonyl (C=O) groups excluding carboxylic acids is 2. The van der Waals surface area contributed by atoms with Crippen molar-refractivity contribution >= 4 is 22.0 Å². The average molecular weight is 307 g/mol. The summed E-state index contributed by atoms with van der Waals surface area (Å²) in [6.45, 7) is 2.48. The van der Waals surface area contributed by atoms with Gasteiger partial charge in [0.2, 0.25) is 10.0 Å². The lowest BCUT2D eigenvalue weighted by atomic mass is 9.99. The van der Waals surface area contributed by atoms with Gasteiger partial charge in [0, 0.05) is 13.1 Å². The Kier molecular flexibility index (Phi) is 6.41. The second-order valence-electron chi connectivity index (χ2n) is 4.57. The molecule has 1 rings (SSSR count). The number of hydrogen-bond donors (Lipinski definition) is 0. The first kappa shape index (κ1) is 16.9. The van der Waals surface area contributed by atoms with E-state index in [1.54, 1.807) is 6.92 Å². The Morgan fingerprint density at radius 2 is 1.85 bits per heavy atom. The van der Waals surface area contributed by atoms with E-state index in [0.717, 1.165) is 0 Å². The molecule has 0 bridgehead atoms. The van der Waals surface area contributed by atoms with E-state index in [0.29, 0.717) is 12.8 Å². The number of nitrogens with zero attached hydrogens (tertiary/aromatic N) is 1. The third kappa shape index (κ3) is 4.75. The second kappa shape index (κ2) is 7.58. The fraction of sp³-hybridized carbons (Fsp3) is 0.833. The van der Waals surface area contributed by atoms with Crippen molar-refractivity contribution in [3.8, 4) is 0 Å². The van der Waals surface area contributed by atoms with E-state index in [1.807, 2.05) is 0 Å². The van der Waals surface area contributed by atoms with Crippen LogP contribution >= 0.6 is 0 Å². The van der Waals surface area contributed by atoms with Gasteiger partial charge in [-0.2, -0.15) is 0 Å². The minimum absolute atomic E-state index is 0.146. The number of sulfonamides is 1. The van der Waals surface area contributed by atoms with Crippen LogP contribution in [-0.4, -0.2) is 57.2 Å². The number of rotatable bonds is 6. The molecular weight excluding hydrogens is 286 g/mol. The molecule has 0 radical (unpaired) electrons. The minimum Gasteiger partial charge on any atom is -0.469 e. The Labute approximate surface area is 119 Å². The molecule has 7 nitrogen and oxygen atoms in total. The summed E-state index contributed by atoms with van der Waals surface area (Å²) >= 11 is 0. The van der Waals surface area contributed by atoms with E-state index in [-0.39, 0.29) is 43.8 Å². The highest BCUT2D eigenvalue weighted by Gasteiger charge is 2.31. The lowest BCUT2D eigenvalue weighted by molar-refractivity contribution is -0.146. The van der Waals surface area contributed by atoms with Gasteiger partial charge in [0.15, 0.2) is 0 Å². The van der Waals surface area contributed by atoms with E-state index >= 15 is 0 Å². The molecule has 0 amide bonds. The van der Waals surface area contributed by atoms with Gasteiger partial charge in [-0.3, -0.25) is 9.59 Å². The molecule has 20 heavy (non-hydrogen) atoms. The largest absolute Gasteiger partial charge is 0.469 e. The summed E-state index contributed by atoms with van der Waals surface area (Å²) in [6, 6.07) is 0. The maximum absolute atomic E-state index is 12.0. The van der Waals surface area contributed by atoms with E-state index in [2.05, 4.69) is 4.74 Å². The Bertz CT molecular complexity index is 439. The van der Waals surface area contributed by atoms with Crippen molar-refractivity contribution < 1.29 is 27.5 Å². The number of hydrogen-bond acceptors (Lipinski definition) is 6. The lowest BCUT2D eigenvalue weighted by Crippen LogP contribution is -2.41. The van der Waals surface area contributed by atoms with E-state index in [1.165, 1.54) is 11.4 Å². The van der Waals surface area contributed by atoms with Gasteiger partial charge >= 0.3 is 11.9 Å². The summed E-state index contributed by atoms with van der Waals surface area (Å²) in [6.07, 6.45) is 0.754. The van der Waals surface area contributed by atoms with Crippen LogP contribution in [-0.2, 0) is 29.1 Å². The summed E-state index contributed by atoms with van der Waals surface area (Å²) in [4.78, 5) is 22.5. The maximum Gasteiger partial charge on any atom is 0.308 e. The number of piperidine rings is 1. The van der Waals surface area contributed by atoms with Gasteiger partial charge in [-0.25, -0.2) is 12.7 Å². The van der Waals surface area contributed by atoms with Crippen LogP contribution in [0.15, 0.2) is 0 Å². The summed E-state index contributed by atoms with van der Waals surface area (Å²) in [5.74, 6) is -1.31. The molecule has 0 spiro atoms. The van der Waals surface area contributed by atoms with Gasteiger partial charge in [-0.1, -0.05) is 0 Å². The zero-order valence-corrected chi connectivity index (χ0v) is 12.6. The van der Waals surface area contributed by atoms with E-state index < -0.39 is 16.0 Å². The van der Waals surface area contributed by atoms with Crippen LogP contribution in [0, 0.1) is 5.92 Å². The maximum atomic E-state index is 12.0. The molecule has 1 saturated heterocycles. The normalized spacial score (nSPS) is 17.7. The van der Waals surface area contributed by atoms with Gasteiger partial charge in [0.25, 0.3) is 0 Å². The predicted octanol–water partition coefficient (Wildman–Crippen LogP) is 0.154. The standard InChI is InChI=1S/C12H21NO6S/c1-3-19-11(14)6-9-20(16,17)13-7-4-10(5-8-13)12(15)18-2/h10H,3-9H2,1-2H3. The molecule has 1 heterocycles. The van der Waals surface area contributed by atoms with Gasteiger partial charge in [0.1, 0.15) is 0 Å². The fourth-order valence-electron chi connectivity index (χ4n) is 2.11. The molecule has 0 N–H and O–H groups in total. The molecule has 0 unspecified atom stereocenters. The molecule has 0 aromatic rings. The van der Waals surface area contributed by atoms with Crippen molar-refractivity contribution in [1.82, 2.24) is 4.31 Å². The highest BCUT2D eigenvalue weighted by atomic mass is 32.2. The second-order valence-corrected chi connectivity index (χ2v) is 6.66. The van der Waals surface area contributed by atoms with Crippen molar-refractivity contribution in [2.24, 2.45) is 5.92 Å². The molecule has 8 heteroatoms. The Morgan fingerprint density at radius 3 is 2.35 bits per heavy atom. The van der Waals surface area contributed by atoms with Gasteiger partial charge < -0.3 is 9.47 Å². The quantitative estimate of drug-likeness (QED) is 0.649. The highest BCUT2D eigenvalue weighted by Crippen LogP contribution is 2.21. The molecule has 1 aliphatic heterocycles. The summed E-state index contributed by atoms with van der Waals surface area (Å²) < 4.78 is 34.8. The predicted molar refractivity (Wildman–Crippen MR) is 71.3 cm³/mol. The summed E-state index contributed by atoms with van der Waals surface area (Å²) in [5, 5.41) is 0. The molecule has 1 fully saturated rings. The van der Waals surface area contributed by atoms with Gasteiger partial charge in [-0.05, 0) is 19.8 Å². The highest BCUT2D eigenvalue weighted by molar-refractivity contribution is 7.89.